The third-order valence-corrected chi connectivity index (χ3v) is 5.81. The maximum Gasteiger partial charge on any atom is 0.328 e. The molecule has 36 heavy (non-hydrogen) atoms. The average molecular weight is 486 g/mol. The van der Waals surface area contributed by atoms with Crippen molar-refractivity contribution >= 4 is 0 Å². The summed E-state index contributed by atoms with van der Waals surface area (Å²) in [4.78, 5) is 57.9. The fraction of sp³-hybridized carbons (Fsp3) is 0.0909. The Labute approximate surface area is 198 Å². The quantitative estimate of drug-likeness (QED) is 0.254. The maximum absolute atomic E-state index is 12.7. The molecule has 2 atom stereocenters. The largest absolute Gasteiger partial charge is 0.424 e. The molecule has 1 aromatic carbocycles. The topological polar surface area (TPSA) is 250 Å². The predicted molar refractivity (Wildman–Crippen MR) is 120 cm³/mol. The molecule has 0 radical (unpaired) electrons. The molecule has 0 saturated heterocycles. The fourth-order valence-corrected chi connectivity index (χ4v) is 4.36. The lowest BCUT2D eigenvalue weighted by atomic mass is 9.80. The number of ether oxygens (including phenoxy) is 2. The number of benzene rings is 1. The zero-order chi connectivity index (χ0) is 25.7. The highest BCUT2D eigenvalue weighted by Gasteiger charge is 2.37. The van der Waals surface area contributed by atoms with Gasteiger partial charge in [-0.25, -0.2) is 9.59 Å². The zero-order valence-corrected chi connectivity index (χ0v) is 18.0. The van der Waals surface area contributed by atoms with E-state index in [2.05, 4.69) is 19.9 Å². The standard InChI is InChI=1S/C22H14N8O6/c23-5-9-11(13-17(31)27-21(33)29-19(13)35-15(9)25)7-2-1-3-8(4-7)12-10(6-24)16(26)36-20-14(12)18(32)28-22(34)30-20/h1-4,11-12H,25-26H2,(H2,27,29,31,33)(H2,28,30,32,34). The van der Waals surface area contributed by atoms with Crippen LogP contribution < -0.4 is 43.4 Å². The molecule has 0 aliphatic carbocycles. The highest BCUT2D eigenvalue weighted by Crippen LogP contribution is 2.42. The summed E-state index contributed by atoms with van der Waals surface area (Å²) in [5.74, 6) is -3.17. The number of nitrogens with two attached hydrogens (primary N) is 2. The third kappa shape index (κ3) is 3.25. The average Bonchev–Trinajstić information content (AvgIpc) is 2.82. The number of nitrogens with one attached hydrogen (secondary N) is 4. The second kappa shape index (κ2) is 7.93. The van der Waals surface area contributed by atoms with Crippen LogP contribution in [0.3, 0.4) is 0 Å². The molecule has 14 nitrogen and oxygen atoms in total. The summed E-state index contributed by atoms with van der Waals surface area (Å²) in [6.45, 7) is 0. The zero-order valence-electron chi connectivity index (χ0n) is 18.0. The Morgan fingerprint density at radius 3 is 1.53 bits per heavy atom. The van der Waals surface area contributed by atoms with Gasteiger partial charge in [0.25, 0.3) is 11.1 Å². The molecule has 2 aliphatic rings. The van der Waals surface area contributed by atoms with Gasteiger partial charge in [-0.1, -0.05) is 24.3 Å². The lowest BCUT2D eigenvalue weighted by Gasteiger charge is -2.27. The first-order valence-corrected chi connectivity index (χ1v) is 10.2. The maximum atomic E-state index is 12.7. The van der Waals surface area contributed by atoms with Crippen molar-refractivity contribution in [1.29, 1.82) is 10.5 Å². The lowest BCUT2D eigenvalue weighted by Crippen LogP contribution is -2.34. The molecule has 5 rings (SSSR count). The number of nitriles is 2. The molecule has 14 heteroatoms. The van der Waals surface area contributed by atoms with Gasteiger partial charge in [0.2, 0.25) is 23.5 Å². The highest BCUT2D eigenvalue weighted by molar-refractivity contribution is 5.56. The summed E-state index contributed by atoms with van der Waals surface area (Å²) in [7, 11) is 0. The van der Waals surface area contributed by atoms with Gasteiger partial charge in [-0.3, -0.25) is 29.5 Å². The van der Waals surface area contributed by atoms with Crippen molar-refractivity contribution in [1.82, 2.24) is 19.9 Å². The number of allylic oxidation sites excluding steroid dienone is 2. The summed E-state index contributed by atoms with van der Waals surface area (Å²) in [6.07, 6.45) is 0. The van der Waals surface area contributed by atoms with E-state index in [9.17, 15) is 29.7 Å². The van der Waals surface area contributed by atoms with Crippen LogP contribution in [0.2, 0.25) is 0 Å². The van der Waals surface area contributed by atoms with Gasteiger partial charge in [0.1, 0.15) is 23.3 Å². The van der Waals surface area contributed by atoms with Crippen LogP contribution >= 0.6 is 0 Å². The van der Waals surface area contributed by atoms with E-state index in [0.29, 0.717) is 11.1 Å². The summed E-state index contributed by atoms with van der Waals surface area (Å²) in [5.41, 5.74) is 8.97. The third-order valence-electron chi connectivity index (χ3n) is 5.81. The Bertz CT molecular complexity index is 1710. The number of hydrogen-bond donors (Lipinski definition) is 6. The number of fused-ring (bicyclic) bond motifs is 2. The molecule has 0 fully saturated rings. The normalized spacial score (nSPS) is 18.3. The Morgan fingerprint density at radius 2 is 1.14 bits per heavy atom. The van der Waals surface area contributed by atoms with Crippen molar-refractivity contribution in [3.05, 3.63) is 111 Å². The van der Waals surface area contributed by atoms with Crippen molar-refractivity contribution in [2.45, 2.75) is 11.8 Å². The van der Waals surface area contributed by atoms with Crippen LogP contribution in [0.15, 0.2) is 66.4 Å². The molecule has 2 aromatic heterocycles. The van der Waals surface area contributed by atoms with Crippen molar-refractivity contribution < 1.29 is 9.47 Å². The van der Waals surface area contributed by atoms with Crippen molar-refractivity contribution in [3.8, 4) is 23.9 Å². The molecular weight excluding hydrogens is 472 g/mol. The van der Waals surface area contributed by atoms with Gasteiger partial charge in [-0.05, 0) is 11.1 Å². The molecule has 2 aliphatic heterocycles. The van der Waals surface area contributed by atoms with Crippen LogP contribution in [0.25, 0.3) is 0 Å². The first kappa shape index (κ1) is 22.1. The fourth-order valence-electron chi connectivity index (χ4n) is 4.36. The Hall–Kier alpha value is -5.76. The van der Waals surface area contributed by atoms with E-state index in [1.165, 1.54) is 0 Å². The SMILES string of the molecule is N#CC1=C(N)Oc2[nH]c(=O)[nH]c(=O)c2C1c1cccc(C2C(C#N)=C(N)Oc3[nH]c(=O)[nH]c(=O)c32)c1. The molecular formula is C22H14N8O6. The second-order valence-electron chi connectivity index (χ2n) is 7.82. The minimum absolute atomic E-state index is 0.0670. The van der Waals surface area contributed by atoms with Gasteiger partial charge in [-0.2, -0.15) is 10.5 Å². The summed E-state index contributed by atoms with van der Waals surface area (Å²) < 4.78 is 10.6. The van der Waals surface area contributed by atoms with E-state index in [1.807, 2.05) is 12.1 Å². The van der Waals surface area contributed by atoms with Crippen molar-refractivity contribution in [2.24, 2.45) is 11.5 Å². The molecule has 2 unspecified atom stereocenters. The van der Waals surface area contributed by atoms with E-state index >= 15 is 0 Å². The molecule has 4 heterocycles. The van der Waals surface area contributed by atoms with Gasteiger partial charge >= 0.3 is 11.4 Å². The first-order chi connectivity index (χ1) is 17.2. The molecule has 0 saturated carbocycles. The van der Waals surface area contributed by atoms with E-state index in [4.69, 9.17) is 20.9 Å². The van der Waals surface area contributed by atoms with Gasteiger partial charge < -0.3 is 20.9 Å². The van der Waals surface area contributed by atoms with Gasteiger partial charge in [0.15, 0.2) is 0 Å². The van der Waals surface area contributed by atoms with E-state index in [1.54, 1.807) is 24.3 Å². The Balaban J connectivity index is 1.76. The summed E-state index contributed by atoms with van der Waals surface area (Å²) >= 11 is 0. The molecule has 8 N–H and O–H groups in total. The second-order valence-corrected chi connectivity index (χ2v) is 7.82. The van der Waals surface area contributed by atoms with Crippen LogP contribution in [0.1, 0.15) is 34.1 Å². The molecule has 0 bridgehead atoms. The molecule has 0 amide bonds. The van der Waals surface area contributed by atoms with Gasteiger partial charge in [-0.15, -0.1) is 0 Å². The van der Waals surface area contributed by atoms with Gasteiger partial charge in [0, 0.05) is 0 Å². The molecule has 178 valence electrons. The monoisotopic (exact) mass is 486 g/mol. The highest BCUT2D eigenvalue weighted by atomic mass is 16.5. The van der Waals surface area contributed by atoms with Gasteiger partial charge in [0.05, 0.1) is 23.0 Å². The minimum Gasteiger partial charge on any atom is -0.424 e. The van der Waals surface area contributed by atoms with E-state index in [0.717, 1.165) is 0 Å². The smallest absolute Gasteiger partial charge is 0.328 e. The first-order valence-electron chi connectivity index (χ1n) is 10.2. The van der Waals surface area contributed by atoms with E-state index < -0.39 is 34.3 Å². The molecule has 3 aromatic rings. The van der Waals surface area contributed by atoms with Crippen molar-refractivity contribution in [2.75, 3.05) is 0 Å². The summed E-state index contributed by atoms with van der Waals surface area (Å²) in [6, 6.07) is 10.2. The number of rotatable bonds is 2. The van der Waals surface area contributed by atoms with Crippen LogP contribution in [0.4, 0.5) is 0 Å². The Morgan fingerprint density at radius 1 is 0.722 bits per heavy atom. The van der Waals surface area contributed by atoms with E-state index in [-0.39, 0.29) is 45.8 Å². The summed E-state index contributed by atoms with van der Waals surface area (Å²) in [5, 5.41) is 19.5. The predicted octanol–water partition coefficient (Wildman–Crippen LogP) is -1.12. The number of aromatic nitrogens is 4. The number of hydrogen-bond acceptors (Lipinski definition) is 10. The van der Waals surface area contributed by atoms with Crippen LogP contribution in [-0.2, 0) is 0 Å². The number of aromatic amines is 4. The lowest BCUT2D eigenvalue weighted by molar-refractivity contribution is 0.373. The van der Waals surface area contributed by atoms with Crippen LogP contribution in [-0.4, -0.2) is 19.9 Å². The van der Waals surface area contributed by atoms with Crippen LogP contribution in [0.5, 0.6) is 11.8 Å². The number of H-pyrrole nitrogens is 4. The number of nitrogens with zero attached hydrogens (tertiary/aromatic N) is 2. The molecule has 0 spiro atoms. The Kier molecular flexibility index (Phi) is 4.86. The van der Waals surface area contributed by atoms with Crippen molar-refractivity contribution in [3.63, 3.8) is 0 Å². The van der Waals surface area contributed by atoms with Crippen LogP contribution in [0, 0.1) is 22.7 Å². The minimum atomic E-state index is -1.06.